The average molecular weight is 376 g/mol. The number of thioether (sulfide) groups is 1. The number of aryl methyl sites for hydroxylation is 2. The van der Waals surface area contributed by atoms with Crippen molar-refractivity contribution < 1.29 is 14.3 Å². The molecule has 0 aromatic carbocycles. The smallest absolute Gasteiger partial charge is 0.337 e. The van der Waals surface area contributed by atoms with Gasteiger partial charge in [-0.15, -0.1) is 5.10 Å². The third kappa shape index (κ3) is 3.64. The fourth-order valence-electron chi connectivity index (χ4n) is 2.74. The van der Waals surface area contributed by atoms with E-state index in [-0.39, 0.29) is 12.6 Å². The van der Waals surface area contributed by atoms with Gasteiger partial charge in [-0.2, -0.15) is 4.98 Å². The van der Waals surface area contributed by atoms with Gasteiger partial charge in [0.15, 0.2) is 0 Å². The maximum Gasteiger partial charge on any atom is 0.337 e. The lowest BCUT2D eigenvalue weighted by molar-refractivity contribution is -0.138. The standard InChI is InChI=1S/C16H20N6O3S/c1-5-25-13(23)12-10(4)18-15(24)19-11(12)7-26-16-20-14-17-8(2)6-9(3)22(14)21-16/h6,10H,5,7H2,1-4H3,(H2,18,19,24). The minimum Gasteiger partial charge on any atom is -0.463 e. The number of carbonyl (C=O) groups excluding carboxylic acids is 2. The third-order valence-electron chi connectivity index (χ3n) is 3.81. The van der Waals surface area contributed by atoms with Crippen LogP contribution in [0, 0.1) is 13.8 Å². The topological polar surface area (TPSA) is 111 Å². The molecule has 0 spiro atoms. The molecule has 1 aliphatic rings. The molecule has 2 aromatic rings. The molecule has 2 amide bonds. The normalized spacial score (nSPS) is 17.2. The molecule has 138 valence electrons. The second-order valence-corrected chi connectivity index (χ2v) is 6.81. The van der Waals surface area contributed by atoms with Gasteiger partial charge in [-0.1, -0.05) is 11.8 Å². The Bertz CT molecular complexity index is 907. The zero-order valence-corrected chi connectivity index (χ0v) is 15.8. The van der Waals surface area contributed by atoms with Gasteiger partial charge in [0.05, 0.1) is 18.2 Å². The Labute approximate surface area is 154 Å². The molecule has 0 saturated heterocycles. The van der Waals surface area contributed by atoms with Crippen molar-refractivity contribution in [3.8, 4) is 0 Å². The Hall–Kier alpha value is -2.62. The number of aromatic nitrogens is 4. The Balaban J connectivity index is 1.86. The minimum atomic E-state index is -0.445. The molecule has 0 saturated carbocycles. The molecule has 10 heteroatoms. The molecule has 1 atom stereocenters. The number of urea groups is 1. The highest BCUT2D eigenvalue weighted by atomic mass is 32.2. The summed E-state index contributed by atoms with van der Waals surface area (Å²) >= 11 is 1.32. The highest BCUT2D eigenvalue weighted by Gasteiger charge is 2.29. The second-order valence-electron chi connectivity index (χ2n) is 5.87. The van der Waals surface area contributed by atoms with Crippen LogP contribution in [0.15, 0.2) is 22.5 Å². The van der Waals surface area contributed by atoms with Crippen LogP contribution in [0.4, 0.5) is 4.79 Å². The first-order valence-electron chi connectivity index (χ1n) is 8.20. The van der Waals surface area contributed by atoms with Crippen molar-refractivity contribution in [3.05, 3.63) is 28.7 Å². The molecule has 0 bridgehead atoms. The van der Waals surface area contributed by atoms with Gasteiger partial charge in [0.1, 0.15) is 0 Å². The van der Waals surface area contributed by atoms with Crippen molar-refractivity contribution in [2.24, 2.45) is 0 Å². The first kappa shape index (κ1) is 18.2. The summed E-state index contributed by atoms with van der Waals surface area (Å²) in [5.74, 6) is 0.410. The number of amides is 2. The number of fused-ring (bicyclic) bond motifs is 1. The summed E-state index contributed by atoms with van der Waals surface area (Å²) in [4.78, 5) is 32.8. The van der Waals surface area contributed by atoms with Gasteiger partial charge in [0.2, 0.25) is 5.16 Å². The molecule has 2 N–H and O–H groups in total. The van der Waals surface area contributed by atoms with Crippen LogP contribution in [0.25, 0.3) is 5.78 Å². The zero-order chi connectivity index (χ0) is 18.8. The van der Waals surface area contributed by atoms with Crippen LogP contribution in [0.5, 0.6) is 0 Å². The van der Waals surface area contributed by atoms with Crippen molar-refractivity contribution in [3.63, 3.8) is 0 Å². The SMILES string of the molecule is CCOC(=O)C1=C(CSc2nc3nc(C)cc(C)n3n2)NC(=O)NC1C. The van der Waals surface area contributed by atoms with E-state index in [0.717, 1.165) is 11.4 Å². The lowest BCUT2D eigenvalue weighted by Crippen LogP contribution is -2.49. The van der Waals surface area contributed by atoms with Gasteiger partial charge in [-0.05, 0) is 33.8 Å². The van der Waals surface area contributed by atoms with Crippen LogP contribution in [0.2, 0.25) is 0 Å². The monoisotopic (exact) mass is 376 g/mol. The Morgan fingerprint density at radius 1 is 1.38 bits per heavy atom. The largest absolute Gasteiger partial charge is 0.463 e. The maximum absolute atomic E-state index is 12.2. The molecular formula is C16H20N6O3S. The van der Waals surface area contributed by atoms with E-state index in [1.54, 1.807) is 18.4 Å². The molecule has 0 radical (unpaired) electrons. The minimum absolute atomic E-state index is 0.266. The summed E-state index contributed by atoms with van der Waals surface area (Å²) in [5.41, 5.74) is 2.71. The van der Waals surface area contributed by atoms with Gasteiger partial charge in [0, 0.05) is 22.8 Å². The van der Waals surface area contributed by atoms with E-state index in [1.807, 2.05) is 19.9 Å². The fraction of sp³-hybridized carbons (Fsp3) is 0.438. The average Bonchev–Trinajstić information content (AvgIpc) is 2.95. The first-order chi connectivity index (χ1) is 12.4. The number of carbonyl (C=O) groups is 2. The summed E-state index contributed by atoms with van der Waals surface area (Å²) in [6, 6.07) is 1.14. The number of hydrogen-bond acceptors (Lipinski definition) is 7. The number of hydrogen-bond donors (Lipinski definition) is 2. The molecule has 9 nitrogen and oxygen atoms in total. The van der Waals surface area contributed by atoms with Crippen LogP contribution in [0.1, 0.15) is 25.2 Å². The Morgan fingerprint density at radius 3 is 2.88 bits per heavy atom. The summed E-state index contributed by atoms with van der Waals surface area (Å²) < 4.78 is 6.77. The van der Waals surface area contributed by atoms with Crippen molar-refractivity contribution >= 4 is 29.5 Å². The van der Waals surface area contributed by atoms with Crippen molar-refractivity contribution in [1.82, 2.24) is 30.2 Å². The molecule has 3 rings (SSSR count). The summed E-state index contributed by atoms with van der Waals surface area (Å²) in [7, 11) is 0. The van der Waals surface area contributed by atoms with Crippen molar-refractivity contribution in [2.45, 2.75) is 38.9 Å². The first-order valence-corrected chi connectivity index (χ1v) is 9.19. The predicted octanol–water partition coefficient (Wildman–Crippen LogP) is 1.35. The van der Waals surface area contributed by atoms with E-state index in [2.05, 4.69) is 25.7 Å². The van der Waals surface area contributed by atoms with Crippen LogP contribution in [0.3, 0.4) is 0 Å². The van der Waals surface area contributed by atoms with E-state index in [1.165, 1.54) is 11.8 Å². The number of ether oxygens (including phenoxy) is 1. The molecule has 26 heavy (non-hydrogen) atoms. The highest BCUT2D eigenvalue weighted by molar-refractivity contribution is 7.99. The van der Waals surface area contributed by atoms with Crippen LogP contribution < -0.4 is 10.6 Å². The van der Waals surface area contributed by atoms with Gasteiger partial charge >= 0.3 is 12.0 Å². The lowest BCUT2D eigenvalue weighted by Gasteiger charge is -2.26. The number of rotatable bonds is 5. The maximum atomic E-state index is 12.2. The predicted molar refractivity (Wildman–Crippen MR) is 95.8 cm³/mol. The summed E-state index contributed by atoms with van der Waals surface area (Å²) in [6.07, 6.45) is 0. The van der Waals surface area contributed by atoms with Crippen LogP contribution >= 0.6 is 11.8 Å². The van der Waals surface area contributed by atoms with E-state index < -0.39 is 12.0 Å². The van der Waals surface area contributed by atoms with Gasteiger partial charge in [-0.25, -0.2) is 19.1 Å². The highest BCUT2D eigenvalue weighted by Crippen LogP contribution is 2.22. The lowest BCUT2D eigenvalue weighted by atomic mass is 10.1. The van der Waals surface area contributed by atoms with Crippen molar-refractivity contribution in [2.75, 3.05) is 12.4 Å². The molecule has 1 aliphatic heterocycles. The molecule has 0 fully saturated rings. The van der Waals surface area contributed by atoms with E-state index in [4.69, 9.17) is 4.74 Å². The molecule has 3 heterocycles. The quantitative estimate of drug-likeness (QED) is 0.599. The van der Waals surface area contributed by atoms with E-state index in [9.17, 15) is 9.59 Å². The number of nitrogens with zero attached hydrogens (tertiary/aromatic N) is 4. The van der Waals surface area contributed by atoms with E-state index in [0.29, 0.717) is 28.0 Å². The van der Waals surface area contributed by atoms with Crippen LogP contribution in [-0.2, 0) is 9.53 Å². The zero-order valence-electron chi connectivity index (χ0n) is 15.0. The molecule has 2 aromatic heterocycles. The number of nitrogens with one attached hydrogen (secondary N) is 2. The van der Waals surface area contributed by atoms with Crippen molar-refractivity contribution in [1.29, 1.82) is 0 Å². The fourth-order valence-corrected chi connectivity index (χ4v) is 3.53. The Kier molecular flexibility index (Phi) is 5.12. The van der Waals surface area contributed by atoms with Crippen LogP contribution in [-0.4, -0.2) is 50.0 Å². The molecular weight excluding hydrogens is 356 g/mol. The van der Waals surface area contributed by atoms with Gasteiger partial charge in [0.25, 0.3) is 5.78 Å². The number of esters is 1. The van der Waals surface area contributed by atoms with E-state index >= 15 is 0 Å². The Morgan fingerprint density at radius 2 is 2.15 bits per heavy atom. The third-order valence-corrected chi connectivity index (χ3v) is 4.67. The second kappa shape index (κ2) is 7.32. The van der Waals surface area contributed by atoms with Gasteiger partial charge in [-0.3, -0.25) is 0 Å². The molecule has 1 unspecified atom stereocenters. The summed E-state index contributed by atoms with van der Waals surface area (Å²) in [6.45, 7) is 7.58. The molecule has 0 aliphatic carbocycles. The van der Waals surface area contributed by atoms with Gasteiger partial charge < -0.3 is 15.4 Å². The summed E-state index contributed by atoms with van der Waals surface area (Å²) in [5, 5.41) is 10.3.